The lowest BCUT2D eigenvalue weighted by atomic mass is 10.1. The van der Waals surface area contributed by atoms with Crippen LogP contribution in [0.25, 0.3) is 0 Å². The number of likely N-dealkylation sites (N-methyl/N-ethyl adjacent to an activating group) is 1. The Bertz CT molecular complexity index is 613. The van der Waals surface area contributed by atoms with Crippen molar-refractivity contribution in [2.45, 2.75) is 6.92 Å². The third kappa shape index (κ3) is 4.27. The summed E-state index contributed by atoms with van der Waals surface area (Å²) < 4.78 is 0. The Kier molecular flexibility index (Phi) is 4.95. The van der Waals surface area contributed by atoms with Crippen LogP contribution in [0.3, 0.4) is 0 Å². The highest BCUT2D eigenvalue weighted by atomic mass is 16.6. The first-order chi connectivity index (χ1) is 9.72. The molecular formula is C12H13N3O6. The molecule has 0 saturated carbocycles. The SMILES string of the molecule is CC(=O)N(C)CC(=O)Nc1ccc([N+](=O)[O-])cc1C(=O)O. The number of carboxylic acid groups (broad SMARTS) is 1. The quantitative estimate of drug-likeness (QED) is 0.607. The molecule has 0 radical (unpaired) electrons. The summed E-state index contributed by atoms with van der Waals surface area (Å²) in [4.78, 5) is 44.8. The predicted octanol–water partition coefficient (Wildman–Crippen LogP) is 0.710. The number of nitrogens with one attached hydrogen (secondary N) is 1. The highest BCUT2D eigenvalue weighted by molar-refractivity contribution is 6.02. The van der Waals surface area contributed by atoms with Crippen LogP contribution in [-0.2, 0) is 9.59 Å². The number of aromatic carboxylic acids is 1. The molecule has 21 heavy (non-hydrogen) atoms. The van der Waals surface area contributed by atoms with E-state index in [9.17, 15) is 24.5 Å². The minimum Gasteiger partial charge on any atom is -0.478 e. The summed E-state index contributed by atoms with van der Waals surface area (Å²) in [6.07, 6.45) is 0. The fraction of sp³-hybridized carbons (Fsp3) is 0.250. The number of carbonyl (C=O) groups is 3. The Labute approximate surface area is 119 Å². The van der Waals surface area contributed by atoms with E-state index in [4.69, 9.17) is 5.11 Å². The number of carbonyl (C=O) groups excluding carboxylic acids is 2. The average molecular weight is 295 g/mol. The Morgan fingerprint density at radius 2 is 2.00 bits per heavy atom. The number of carboxylic acids is 1. The number of benzene rings is 1. The van der Waals surface area contributed by atoms with E-state index in [1.165, 1.54) is 14.0 Å². The van der Waals surface area contributed by atoms with Crippen LogP contribution in [-0.4, -0.2) is 46.3 Å². The molecule has 0 unspecified atom stereocenters. The van der Waals surface area contributed by atoms with E-state index < -0.39 is 28.1 Å². The number of rotatable bonds is 5. The molecule has 2 amide bonds. The number of hydrogen-bond acceptors (Lipinski definition) is 5. The van der Waals surface area contributed by atoms with Crippen LogP contribution in [0.4, 0.5) is 11.4 Å². The summed E-state index contributed by atoms with van der Waals surface area (Å²) in [5, 5.41) is 21.9. The second-order valence-corrected chi connectivity index (χ2v) is 4.22. The van der Waals surface area contributed by atoms with Crippen LogP contribution in [0, 0.1) is 10.1 Å². The number of amides is 2. The number of nitro benzene ring substituents is 1. The molecule has 0 spiro atoms. The smallest absolute Gasteiger partial charge is 0.338 e. The molecule has 112 valence electrons. The van der Waals surface area contributed by atoms with Gasteiger partial charge < -0.3 is 15.3 Å². The van der Waals surface area contributed by atoms with Crippen LogP contribution in [0.2, 0.25) is 0 Å². The van der Waals surface area contributed by atoms with Gasteiger partial charge in [0.2, 0.25) is 11.8 Å². The molecule has 0 aliphatic rings. The third-order valence-electron chi connectivity index (χ3n) is 2.64. The Morgan fingerprint density at radius 3 is 2.48 bits per heavy atom. The summed E-state index contributed by atoms with van der Waals surface area (Å²) in [6.45, 7) is 1.02. The number of anilines is 1. The van der Waals surface area contributed by atoms with Crippen LogP contribution < -0.4 is 5.32 Å². The Morgan fingerprint density at radius 1 is 1.38 bits per heavy atom. The molecule has 0 saturated heterocycles. The number of hydrogen-bond donors (Lipinski definition) is 2. The van der Waals surface area contributed by atoms with Gasteiger partial charge in [-0.15, -0.1) is 0 Å². The zero-order valence-corrected chi connectivity index (χ0v) is 11.3. The van der Waals surface area contributed by atoms with Crippen molar-refractivity contribution in [3.8, 4) is 0 Å². The van der Waals surface area contributed by atoms with Crippen molar-refractivity contribution < 1.29 is 24.4 Å². The molecule has 0 atom stereocenters. The van der Waals surface area contributed by atoms with Gasteiger partial charge in [-0.3, -0.25) is 19.7 Å². The lowest BCUT2D eigenvalue weighted by Crippen LogP contribution is -2.33. The van der Waals surface area contributed by atoms with Gasteiger partial charge in [-0.25, -0.2) is 4.79 Å². The van der Waals surface area contributed by atoms with Gasteiger partial charge in [0.25, 0.3) is 5.69 Å². The van der Waals surface area contributed by atoms with Crippen molar-refractivity contribution in [2.75, 3.05) is 18.9 Å². The van der Waals surface area contributed by atoms with Crippen LogP contribution >= 0.6 is 0 Å². The van der Waals surface area contributed by atoms with Gasteiger partial charge in [-0.05, 0) is 6.07 Å². The lowest BCUT2D eigenvalue weighted by molar-refractivity contribution is -0.384. The first-order valence-corrected chi connectivity index (χ1v) is 5.75. The summed E-state index contributed by atoms with van der Waals surface area (Å²) >= 11 is 0. The zero-order chi connectivity index (χ0) is 16.2. The molecule has 1 aromatic rings. The fourth-order valence-corrected chi connectivity index (χ4v) is 1.45. The standard InChI is InChI=1S/C12H13N3O6/c1-7(16)14(2)6-11(17)13-10-4-3-8(15(20)21)5-9(10)12(18)19/h3-5H,6H2,1-2H3,(H,13,17)(H,18,19). The normalized spacial score (nSPS) is 9.81. The number of nitrogens with zero attached hydrogens (tertiary/aromatic N) is 2. The second-order valence-electron chi connectivity index (χ2n) is 4.22. The average Bonchev–Trinajstić information content (AvgIpc) is 2.38. The fourth-order valence-electron chi connectivity index (χ4n) is 1.45. The maximum absolute atomic E-state index is 11.7. The first-order valence-electron chi connectivity index (χ1n) is 5.75. The van der Waals surface area contributed by atoms with Crippen molar-refractivity contribution in [2.24, 2.45) is 0 Å². The summed E-state index contributed by atoms with van der Waals surface area (Å²) in [5.74, 6) is -2.34. The van der Waals surface area contributed by atoms with E-state index in [0.717, 1.165) is 23.1 Å². The van der Waals surface area contributed by atoms with Crippen LogP contribution in [0.1, 0.15) is 17.3 Å². The number of non-ortho nitro benzene ring substituents is 1. The molecule has 9 heteroatoms. The zero-order valence-electron chi connectivity index (χ0n) is 11.3. The molecule has 0 aromatic heterocycles. The first kappa shape index (κ1) is 16.1. The highest BCUT2D eigenvalue weighted by Gasteiger charge is 2.18. The maximum atomic E-state index is 11.7. The van der Waals surface area contributed by atoms with E-state index in [2.05, 4.69) is 5.32 Å². The molecule has 2 N–H and O–H groups in total. The maximum Gasteiger partial charge on any atom is 0.338 e. The molecule has 9 nitrogen and oxygen atoms in total. The van der Waals surface area contributed by atoms with Crippen molar-refractivity contribution in [3.63, 3.8) is 0 Å². The third-order valence-corrected chi connectivity index (χ3v) is 2.64. The lowest BCUT2D eigenvalue weighted by Gasteiger charge is -2.15. The molecule has 0 bridgehead atoms. The minimum atomic E-state index is -1.41. The molecule has 1 rings (SSSR count). The minimum absolute atomic E-state index is 0.0740. The van der Waals surface area contributed by atoms with Gasteiger partial charge in [0.1, 0.15) is 0 Å². The van der Waals surface area contributed by atoms with E-state index >= 15 is 0 Å². The molecule has 1 aromatic carbocycles. The topological polar surface area (TPSA) is 130 Å². The summed E-state index contributed by atoms with van der Waals surface area (Å²) in [7, 11) is 1.41. The summed E-state index contributed by atoms with van der Waals surface area (Å²) in [5.41, 5.74) is -0.871. The molecule has 0 fully saturated rings. The van der Waals surface area contributed by atoms with E-state index in [-0.39, 0.29) is 18.1 Å². The number of nitro groups is 1. The van der Waals surface area contributed by atoms with Gasteiger partial charge >= 0.3 is 5.97 Å². The van der Waals surface area contributed by atoms with Crippen molar-refractivity contribution >= 4 is 29.2 Å². The Balaban J connectivity index is 2.97. The van der Waals surface area contributed by atoms with Gasteiger partial charge in [0.05, 0.1) is 22.7 Å². The monoisotopic (exact) mass is 295 g/mol. The van der Waals surface area contributed by atoms with Crippen LogP contribution in [0.5, 0.6) is 0 Å². The van der Waals surface area contributed by atoms with Gasteiger partial charge in [-0.2, -0.15) is 0 Å². The van der Waals surface area contributed by atoms with E-state index in [1.807, 2.05) is 0 Å². The van der Waals surface area contributed by atoms with Crippen molar-refractivity contribution in [1.82, 2.24) is 4.90 Å². The largest absolute Gasteiger partial charge is 0.478 e. The molecule has 0 heterocycles. The van der Waals surface area contributed by atoms with E-state index in [0.29, 0.717) is 0 Å². The highest BCUT2D eigenvalue weighted by Crippen LogP contribution is 2.22. The summed E-state index contributed by atoms with van der Waals surface area (Å²) in [6, 6.07) is 3.07. The van der Waals surface area contributed by atoms with Gasteiger partial charge in [0.15, 0.2) is 0 Å². The van der Waals surface area contributed by atoms with Gasteiger partial charge in [0, 0.05) is 26.1 Å². The predicted molar refractivity (Wildman–Crippen MR) is 72.0 cm³/mol. The Hall–Kier alpha value is -2.97. The van der Waals surface area contributed by atoms with Gasteiger partial charge in [-0.1, -0.05) is 0 Å². The van der Waals surface area contributed by atoms with E-state index in [1.54, 1.807) is 0 Å². The van der Waals surface area contributed by atoms with Crippen molar-refractivity contribution in [3.05, 3.63) is 33.9 Å². The molecule has 0 aliphatic carbocycles. The molecular weight excluding hydrogens is 282 g/mol. The molecule has 0 aliphatic heterocycles. The van der Waals surface area contributed by atoms with Crippen LogP contribution in [0.15, 0.2) is 18.2 Å². The second kappa shape index (κ2) is 6.46. The van der Waals surface area contributed by atoms with Crippen molar-refractivity contribution in [1.29, 1.82) is 0 Å².